The molecule has 4 nitrogen and oxygen atoms in total. The second-order valence-corrected chi connectivity index (χ2v) is 5.63. The van der Waals surface area contributed by atoms with Gasteiger partial charge in [0, 0.05) is 13.1 Å². The van der Waals surface area contributed by atoms with Crippen LogP contribution in [0.4, 0.5) is 5.82 Å². The number of nitrogens with zero attached hydrogens (tertiary/aromatic N) is 2. The van der Waals surface area contributed by atoms with Crippen LogP contribution in [0.5, 0.6) is 0 Å². The molecule has 1 aliphatic carbocycles. The van der Waals surface area contributed by atoms with Gasteiger partial charge in [0.15, 0.2) is 0 Å². The lowest BCUT2D eigenvalue weighted by molar-refractivity contribution is 0.0767. The number of carbonyl (C=O) groups excluding carboxylic acids is 1. The Morgan fingerprint density at radius 1 is 1.28 bits per heavy atom. The van der Waals surface area contributed by atoms with E-state index in [1.54, 1.807) is 18.2 Å². The molecule has 0 aromatic carbocycles. The van der Waals surface area contributed by atoms with E-state index in [0.717, 1.165) is 19.5 Å². The maximum absolute atomic E-state index is 12.3. The third kappa shape index (κ3) is 1.96. The average Bonchev–Trinajstić information content (AvgIpc) is 3.00. The van der Waals surface area contributed by atoms with Crippen molar-refractivity contribution in [1.29, 1.82) is 0 Å². The van der Waals surface area contributed by atoms with E-state index in [9.17, 15) is 4.79 Å². The van der Waals surface area contributed by atoms with E-state index >= 15 is 0 Å². The quantitative estimate of drug-likeness (QED) is 0.824. The number of rotatable bonds is 1. The first-order valence-electron chi connectivity index (χ1n) is 6.70. The van der Waals surface area contributed by atoms with Crippen molar-refractivity contribution in [1.82, 2.24) is 9.88 Å². The molecule has 0 unspecified atom stereocenters. The summed E-state index contributed by atoms with van der Waals surface area (Å²) in [5.41, 5.74) is 6.52. The Hall–Kier alpha value is -1.58. The van der Waals surface area contributed by atoms with Gasteiger partial charge >= 0.3 is 0 Å². The summed E-state index contributed by atoms with van der Waals surface area (Å²) in [5, 5.41) is 0. The van der Waals surface area contributed by atoms with Crippen molar-refractivity contribution in [2.75, 3.05) is 18.8 Å². The van der Waals surface area contributed by atoms with Crippen LogP contribution < -0.4 is 5.73 Å². The largest absolute Gasteiger partial charge is 0.384 e. The molecule has 1 aromatic heterocycles. The minimum absolute atomic E-state index is 0.0334. The summed E-state index contributed by atoms with van der Waals surface area (Å²) < 4.78 is 0. The Balaban J connectivity index is 1.74. The third-order valence-electron chi connectivity index (χ3n) is 4.38. The maximum atomic E-state index is 12.3. The van der Waals surface area contributed by atoms with Gasteiger partial charge in [0.05, 0.1) is 0 Å². The van der Waals surface area contributed by atoms with Gasteiger partial charge in [-0.1, -0.05) is 18.9 Å². The second-order valence-electron chi connectivity index (χ2n) is 5.63. The smallest absolute Gasteiger partial charge is 0.272 e. The standard InChI is InChI=1S/C14H19N3O/c15-12-5-3-4-11(16-12)13(18)17-9-8-14(10-17)6-1-2-7-14/h3-5H,1-2,6-10H2,(H2,15,16). The molecule has 1 saturated carbocycles. The molecular formula is C14H19N3O. The minimum Gasteiger partial charge on any atom is -0.384 e. The summed E-state index contributed by atoms with van der Waals surface area (Å²) >= 11 is 0. The zero-order valence-electron chi connectivity index (χ0n) is 10.6. The van der Waals surface area contributed by atoms with Gasteiger partial charge in [-0.3, -0.25) is 4.79 Å². The molecule has 0 atom stereocenters. The summed E-state index contributed by atoms with van der Waals surface area (Å²) in [4.78, 5) is 18.4. The number of carbonyl (C=O) groups is 1. The molecule has 2 heterocycles. The van der Waals surface area contributed by atoms with Crippen molar-refractivity contribution < 1.29 is 4.79 Å². The van der Waals surface area contributed by atoms with E-state index in [2.05, 4.69) is 4.98 Å². The summed E-state index contributed by atoms with van der Waals surface area (Å²) in [6.45, 7) is 1.78. The fraction of sp³-hybridized carbons (Fsp3) is 0.571. The highest BCUT2D eigenvalue weighted by molar-refractivity contribution is 5.92. The van der Waals surface area contributed by atoms with Gasteiger partial charge in [0.25, 0.3) is 5.91 Å². The zero-order valence-corrected chi connectivity index (χ0v) is 10.6. The maximum Gasteiger partial charge on any atom is 0.272 e. The normalized spacial score (nSPS) is 21.7. The predicted octanol–water partition coefficient (Wildman–Crippen LogP) is 2.07. The number of amides is 1. The second kappa shape index (κ2) is 4.26. The van der Waals surface area contributed by atoms with Crippen molar-refractivity contribution in [3.05, 3.63) is 23.9 Å². The van der Waals surface area contributed by atoms with Crippen LogP contribution >= 0.6 is 0 Å². The molecule has 1 aliphatic heterocycles. The first-order valence-corrected chi connectivity index (χ1v) is 6.70. The molecule has 2 aliphatic rings. The number of nitrogens with two attached hydrogens (primary N) is 1. The lowest BCUT2D eigenvalue weighted by Crippen LogP contribution is -2.31. The summed E-state index contributed by atoms with van der Waals surface area (Å²) in [6.07, 6.45) is 6.35. The van der Waals surface area contributed by atoms with E-state index in [-0.39, 0.29) is 5.91 Å². The summed E-state index contributed by atoms with van der Waals surface area (Å²) in [5.74, 6) is 0.446. The van der Waals surface area contributed by atoms with Gasteiger partial charge in [-0.05, 0) is 36.8 Å². The van der Waals surface area contributed by atoms with Crippen molar-refractivity contribution in [3.63, 3.8) is 0 Å². The molecule has 0 radical (unpaired) electrons. The molecular weight excluding hydrogens is 226 g/mol. The highest BCUT2D eigenvalue weighted by Gasteiger charge is 2.41. The van der Waals surface area contributed by atoms with Gasteiger partial charge in [-0.15, -0.1) is 0 Å². The third-order valence-corrected chi connectivity index (χ3v) is 4.38. The van der Waals surface area contributed by atoms with E-state index < -0.39 is 0 Å². The molecule has 1 saturated heterocycles. The lowest BCUT2D eigenvalue weighted by atomic mass is 9.86. The van der Waals surface area contributed by atoms with Crippen LogP contribution in [0, 0.1) is 5.41 Å². The molecule has 1 aromatic rings. The van der Waals surface area contributed by atoms with Gasteiger partial charge < -0.3 is 10.6 Å². The number of nitrogen functional groups attached to an aromatic ring is 1. The van der Waals surface area contributed by atoms with E-state index in [1.165, 1.54) is 25.7 Å². The van der Waals surface area contributed by atoms with Gasteiger partial charge in [-0.2, -0.15) is 0 Å². The Kier molecular flexibility index (Phi) is 2.73. The molecule has 96 valence electrons. The Labute approximate surface area is 107 Å². The molecule has 2 fully saturated rings. The Bertz CT molecular complexity index is 466. The van der Waals surface area contributed by atoms with Crippen molar-refractivity contribution in [3.8, 4) is 0 Å². The van der Waals surface area contributed by atoms with Crippen LogP contribution in [0.15, 0.2) is 18.2 Å². The van der Waals surface area contributed by atoms with Crippen LogP contribution in [0.1, 0.15) is 42.6 Å². The molecule has 18 heavy (non-hydrogen) atoms. The monoisotopic (exact) mass is 245 g/mol. The fourth-order valence-electron chi connectivity index (χ4n) is 3.37. The molecule has 3 rings (SSSR count). The fourth-order valence-corrected chi connectivity index (χ4v) is 3.37. The lowest BCUT2D eigenvalue weighted by Gasteiger charge is -2.23. The van der Waals surface area contributed by atoms with Crippen molar-refractivity contribution in [2.45, 2.75) is 32.1 Å². The van der Waals surface area contributed by atoms with Crippen molar-refractivity contribution in [2.24, 2.45) is 5.41 Å². The van der Waals surface area contributed by atoms with Gasteiger partial charge in [0.2, 0.25) is 0 Å². The number of aromatic nitrogens is 1. The summed E-state index contributed by atoms with van der Waals surface area (Å²) in [6, 6.07) is 5.24. The zero-order chi connectivity index (χ0) is 12.6. The van der Waals surface area contributed by atoms with Crippen LogP contribution in [-0.4, -0.2) is 28.9 Å². The van der Waals surface area contributed by atoms with Crippen LogP contribution in [-0.2, 0) is 0 Å². The molecule has 2 N–H and O–H groups in total. The van der Waals surface area contributed by atoms with Gasteiger partial charge in [0.1, 0.15) is 11.5 Å². The minimum atomic E-state index is 0.0334. The number of pyridine rings is 1. The van der Waals surface area contributed by atoms with E-state index in [1.807, 2.05) is 4.90 Å². The van der Waals surface area contributed by atoms with Crippen LogP contribution in [0.25, 0.3) is 0 Å². The van der Waals surface area contributed by atoms with Crippen molar-refractivity contribution >= 4 is 11.7 Å². The van der Waals surface area contributed by atoms with Crippen LogP contribution in [0.3, 0.4) is 0 Å². The van der Waals surface area contributed by atoms with Gasteiger partial charge in [-0.25, -0.2) is 4.98 Å². The van der Waals surface area contributed by atoms with Crippen LogP contribution in [0.2, 0.25) is 0 Å². The first-order chi connectivity index (χ1) is 8.69. The number of likely N-dealkylation sites (tertiary alicyclic amines) is 1. The SMILES string of the molecule is Nc1cccc(C(=O)N2CCC3(CCCC3)C2)n1. The number of hydrogen-bond donors (Lipinski definition) is 1. The molecule has 1 spiro atoms. The topological polar surface area (TPSA) is 59.2 Å². The Morgan fingerprint density at radius 2 is 2.06 bits per heavy atom. The molecule has 0 bridgehead atoms. The van der Waals surface area contributed by atoms with E-state index in [4.69, 9.17) is 5.73 Å². The summed E-state index contributed by atoms with van der Waals surface area (Å²) in [7, 11) is 0. The molecule has 1 amide bonds. The van der Waals surface area contributed by atoms with E-state index in [0.29, 0.717) is 16.9 Å². The number of anilines is 1. The molecule has 4 heteroatoms. The predicted molar refractivity (Wildman–Crippen MR) is 70.1 cm³/mol. The average molecular weight is 245 g/mol. The highest BCUT2D eigenvalue weighted by atomic mass is 16.2. The Morgan fingerprint density at radius 3 is 2.78 bits per heavy atom. The highest BCUT2D eigenvalue weighted by Crippen LogP contribution is 2.45. The first kappa shape index (κ1) is 11.5. The number of hydrogen-bond acceptors (Lipinski definition) is 3.